The maximum Gasteiger partial charge on any atom is 0.236 e. The summed E-state index contributed by atoms with van der Waals surface area (Å²) < 4.78 is 0. The van der Waals surface area contributed by atoms with Crippen molar-refractivity contribution in [2.45, 2.75) is 51.6 Å². The van der Waals surface area contributed by atoms with E-state index in [0.29, 0.717) is 18.5 Å². The van der Waals surface area contributed by atoms with Gasteiger partial charge in [-0.1, -0.05) is 12.8 Å². The third-order valence-electron chi connectivity index (χ3n) is 6.00. The first-order valence-electron chi connectivity index (χ1n) is 9.61. The van der Waals surface area contributed by atoms with Crippen LogP contribution >= 0.6 is 0 Å². The predicted octanol–water partition coefficient (Wildman–Crippen LogP) is 1.10. The van der Waals surface area contributed by atoms with E-state index in [2.05, 4.69) is 33.4 Å². The number of piperazine rings is 2. The Bertz CT molecular complexity index is 378. The zero-order valence-electron chi connectivity index (χ0n) is 15.0. The number of nitrogens with zero attached hydrogens (tertiary/aromatic N) is 4. The van der Waals surface area contributed by atoms with Crippen molar-refractivity contribution in [3.05, 3.63) is 0 Å². The molecule has 0 aromatic carbocycles. The lowest BCUT2D eigenvalue weighted by Crippen LogP contribution is -2.55. The second-order valence-electron chi connectivity index (χ2n) is 7.76. The predicted molar refractivity (Wildman–Crippen MR) is 93.6 cm³/mol. The molecule has 23 heavy (non-hydrogen) atoms. The average Bonchev–Trinajstić information content (AvgIpc) is 3.10. The third-order valence-corrected chi connectivity index (χ3v) is 6.00. The Labute approximate surface area is 141 Å². The molecule has 5 nitrogen and oxygen atoms in total. The Morgan fingerprint density at radius 1 is 0.913 bits per heavy atom. The van der Waals surface area contributed by atoms with Crippen LogP contribution in [0.3, 0.4) is 0 Å². The van der Waals surface area contributed by atoms with Crippen LogP contribution in [0, 0.1) is 0 Å². The molecule has 2 aliphatic heterocycles. The smallest absolute Gasteiger partial charge is 0.236 e. The first-order chi connectivity index (χ1) is 11.1. The van der Waals surface area contributed by atoms with Gasteiger partial charge in [0.2, 0.25) is 5.91 Å². The molecular weight excluding hydrogens is 288 g/mol. The van der Waals surface area contributed by atoms with Crippen LogP contribution in [-0.4, -0.2) is 96.5 Å². The summed E-state index contributed by atoms with van der Waals surface area (Å²) in [5, 5.41) is 0. The molecule has 3 fully saturated rings. The summed E-state index contributed by atoms with van der Waals surface area (Å²) in [5.74, 6) is 0.336. The van der Waals surface area contributed by atoms with Gasteiger partial charge in [-0.05, 0) is 26.7 Å². The molecule has 0 bridgehead atoms. The fraction of sp³-hybridized carbons (Fsp3) is 0.944. The molecule has 1 aliphatic carbocycles. The normalized spacial score (nSPS) is 26.3. The van der Waals surface area contributed by atoms with Gasteiger partial charge >= 0.3 is 0 Å². The lowest BCUT2D eigenvalue weighted by atomic mass is 10.2. The van der Waals surface area contributed by atoms with E-state index in [1.807, 2.05) is 0 Å². The molecule has 0 aromatic rings. The van der Waals surface area contributed by atoms with Gasteiger partial charge in [-0.15, -0.1) is 0 Å². The van der Waals surface area contributed by atoms with Gasteiger partial charge in [-0.25, -0.2) is 0 Å². The van der Waals surface area contributed by atoms with Gasteiger partial charge in [0.15, 0.2) is 0 Å². The minimum Gasteiger partial charge on any atom is -0.339 e. The quantitative estimate of drug-likeness (QED) is 0.775. The van der Waals surface area contributed by atoms with Crippen molar-refractivity contribution < 1.29 is 4.79 Å². The second-order valence-corrected chi connectivity index (χ2v) is 7.76. The number of carbonyl (C=O) groups is 1. The average molecular weight is 322 g/mol. The summed E-state index contributed by atoms with van der Waals surface area (Å²) in [5.41, 5.74) is 0. The van der Waals surface area contributed by atoms with Crippen molar-refractivity contribution >= 4 is 5.91 Å². The van der Waals surface area contributed by atoms with Gasteiger partial charge in [0.1, 0.15) is 0 Å². The lowest BCUT2D eigenvalue weighted by molar-refractivity contribution is -0.134. The fourth-order valence-corrected chi connectivity index (χ4v) is 4.34. The van der Waals surface area contributed by atoms with E-state index in [1.165, 1.54) is 25.7 Å². The van der Waals surface area contributed by atoms with Gasteiger partial charge in [0.25, 0.3) is 0 Å². The molecule has 1 saturated carbocycles. The highest BCUT2D eigenvalue weighted by atomic mass is 16.2. The van der Waals surface area contributed by atoms with Crippen molar-refractivity contribution in [3.63, 3.8) is 0 Å². The Morgan fingerprint density at radius 3 is 2.09 bits per heavy atom. The van der Waals surface area contributed by atoms with Crippen molar-refractivity contribution in [2.24, 2.45) is 0 Å². The summed E-state index contributed by atoms with van der Waals surface area (Å²) in [6.07, 6.45) is 5.59. The van der Waals surface area contributed by atoms with Crippen molar-refractivity contribution in [2.75, 3.05) is 58.9 Å². The van der Waals surface area contributed by atoms with Crippen LogP contribution < -0.4 is 0 Å². The molecular formula is C18H34N4O. The topological polar surface area (TPSA) is 30.0 Å². The SMILES string of the molecule is CC(C)N1CCN(C(=O)CN2CCN(C3CCCC3)CC2)CC1. The summed E-state index contributed by atoms with van der Waals surface area (Å²) in [4.78, 5) is 22.1. The Hall–Kier alpha value is -0.650. The van der Waals surface area contributed by atoms with Crippen LogP contribution in [0.4, 0.5) is 0 Å². The van der Waals surface area contributed by atoms with Crippen LogP contribution in [0.1, 0.15) is 39.5 Å². The Kier molecular flexibility index (Phi) is 5.94. The number of amides is 1. The van der Waals surface area contributed by atoms with Crippen molar-refractivity contribution in [1.29, 1.82) is 0 Å². The van der Waals surface area contributed by atoms with E-state index in [0.717, 1.165) is 58.4 Å². The first kappa shape index (κ1) is 17.2. The van der Waals surface area contributed by atoms with Crippen LogP contribution in [-0.2, 0) is 4.79 Å². The molecule has 2 heterocycles. The summed E-state index contributed by atoms with van der Waals surface area (Å²) in [7, 11) is 0. The Morgan fingerprint density at radius 2 is 1.52 bits per heavy atom. The van der Waals surface area contributed by atoms with E-state index in [1.54, 1.807) is 0 Å². The van der Waals surface area contributed by atoms with Crippen LogP contribution in [0.15, 0.2) is 0 Å². The molecule has 0 N–H and O–H groups in total. The summed E-state index contributed by atoms with van der Waals surface area (Å²) >= 11 is 0. The van der Waals surface area contributed by atoms with E-state index in [9.17, 15) is 4.79 Å². The number of hydrogen-bond acceptors (Lipinski definition) is 4. The van der Waals surface area contributed by atoms with E-state index >= 15 is 0 Å². The molecule has 0 aromatic heterocycles. The largest absolute Gasteiger partial charge is 0.339 e. The molecule has 0 radical (unpaired) electrons. The zero-order chi connectivity index (χ0) is 16.2. The van der Waals surface area contributed by atoms with E-state index < -0.39 is 0 Å². The van der Waals surface area contributed by atoms with Gasteiger partial charge in [-0.3, -0.25) is 19.5 Å². The van der Waals surface area contributed by atoms with Crippen molar-refractivity contribution in [3.8, 4) is 0 Å². The van der Waals surface area contributed by atoms with Gasteiger partial charge in [0, 0.05) is 64.4 Å². The summed E-state index contributed by atoms with van der Waals surface area (Å²) in [6, 6.07) is 1.42. The molecule has 3 rings (SSSR count). The van der Waals surface area contributed by atoms with Gasteiger partial charge in [-0.2, -0.15) is 0 Å². The zero-order valence-corrected chi connectivity index (χ0v) is 15.0. The molecule has 3 aliphatic rings. The lowest BCUT2D eigenvalue weighted by Gasteiger charge is -2.40. The van der Waals surface area contributed by atoms with Crippen LogP contribution in [0.5, 0.6) is 0 Å². The van der Waals surface area contributed by atoms with Crippen LogP contribution in [0.25, 0.3) is 0 Å². The Balaban J connectivity index is 1.38. The molecule has 0 unspecified atom stereocenters. The first-order valence-corrected chi connectivity index (χ1v) is 9.61. The van der Waals surface area contributed by atoms with Crippen molar-refractivity contribution in [1.82, 2.24) is 19.6 Å². The minimum absolute atomic E-state index is 0.336. The fourth-order valence-electron chi connectivity index (χ4n) is 4.34. The standard InChI is InChI=1S/C18H34N4O/c1-16(2)20-11-13-22(14-12-20)18(23)15-19-7-9-21(10-8-19)17-5-3-4-6-17/h16-17H,3-15H2,1-2H3. The van der Waals surface area contributed by atoms with Crippen LogP contribution in [0.2, 0.25) is 0 Å². The molecule has 0 atom stereocenters. The number of carbonyl (C=O) groups excluding carboxylic acids is 1. The maximum atomic E-state index is 12.5. The molecule has 0 spiro atoms. The highest BCUT2D eigenvalue weighted by Gasteiger charge is 2.28. The molecule has 132 valence electrons. The number of rotatable bonds is 4. The second kappa shape index (κ2) is 7.95. The third kappa shape index (κ3) is 4.46. The highest BCUT2D eigenvalue weighted by molar-refractivity contribution is 5.78. The van der Waals surface area contributed by atoms with E-state index in [-0.39, 0.29) is 0 Å². The summed E-state index contributed by atoms with van der Waals surface area (Å²) in [6.45, 7) is 13.4. The van der Waals surface area contributed by atoms with E-state index in [4.69, 9.17) is 0 Å². The monoisotopic (exact) mass is 322 g/mol. The highest BCUT2D eigenvalue weighted by Crippen LogP contribution is 2.24. The van der Waals surface area contributed by atoms with Gasteiger partial charge in [0.05, 0.1) is 6.54 Å². The van der Waals surface area contributed by atoms with Gasteiger partial charge < -0.3 is 4.90 Å². The maximum absolute atomic E-state index is 12.5. The minimum atomic E-state index is 0.336. The molecule has 1 amide bonds. The molecule has 5 heteroatoms. The number of hydrogen-bond donors (Lipinski definition) is 0. The molecule has 2 saturated heterocycles.